The van der Waals surface area contributed by atoms with Gasteiger partial charge in [-0.15, -0.1) is 0 Å². The number of ether oxygens (including phenoxy) is 3. The predicted octanol–water partition coefficient (Wildman–Crippen LogP) is 2.06. The van der Waals surface area contributed by atoms with Gasteiger partial charge in [-0.2, -0.15) is 5.10 Å². The fraction of sp³-hybridized carbons (Fsp3) is 0.529. The number of carbonyl (C=O) groups is 1. The van der Waals surface area contributed by atoms with Crippen LogP contribution in [0.1, 0.15) is 24.9 Å². The molecule has 0 aromatic heterocycles. The number of carbonyl (C=O) groups excluding carboxylic acids is 1. The van der Waals surface area contributed by atoms with Gasteiger partial charge in [-0.25, -0.2) is 0 Å². The number of halogens is 1. The summed E-state index contributed by atoms with van der Waals surface area (Å²) in [4.78, 5) is 12.3. The lowest BCUT2D eigenvalue weighted by molar-refractivity contribution is -0.148. The number of hydrogen-bond donors (Lipinski definition) is 1. The van der Waals surface area contributed by atoms with E-state index < -0.39 is 0 Å². The molecule has 136 valence electrons. The second kappa shape index (κ2) is 7.61. The van der Waals surface area contributed by atoms with Crippen LogP contribution in [0.25, 0.3) is 0 Å². The van der Waals surface area contributed by atoms with Gasteiger partial charge in [0.2, 0.25) is 0 Å². The summed E-state index contributed by atoms with van der Waals surface area (Å²) in [5.74, 6) is 1.09. The van der Waals surface area contributed by atoms with Crippen LogP contribution < -0.4 is 14.8 Å². The quantitative estimate of drug-likeness (QED) is 0.590. The average Bonchev–Trinajstić information content (AvgIpc) is 3.01. The minimum atomic E-state index is -0.388. The highest BCUT2D eigenvalue weighted by Gasteiger charge is 2.44. The molecule has 4 atom stereocenters. The molecule has 1 aromatic carbocycles. The Morgan fingerprint density at radius 3 is 2.80 bits per heavy atom. The third kappa shape index (κ3) is 3.46. The summed E-state index contributed by atoms with van der Waals surface area (Å²) in [6.07, 6.45) is 2.28. The third-order valence-corrected chi connectivity index (χ3v) is 5.18. The first-order chi connectivity index (χ1) is 12.1. The molecule has 1 saturated heterocycles. The van der Waals surface area contributed by atoms with E-state index in [2.05, 4.69) is 26.3 Å². The number of nitrogens with one attached hydrogen (secondary N) is 1. The largest absolute Gasteiger partial charge is 0.493 e. The maximum Gasteiger partial charge on any atom is 0.323 e. The standard InChI is InChI=1S/C17H22BrN3O4/c1-4-25-17(22)12-8-13(21-16(20-12)11(18)9-19-21)10-5-6-14(23-2)15(7-10)24-3/h5-7,9,11-13,16,20H,4,8H2,1-3H3. The van der Waals surface area contributed by atoms with Crippen molar-refractivity contribution >= 4 is 28.1 Å². The zero-order chi connectivity index (χ0) is 18.0. The van der Waals surface area contributed by atoms with Gasteiger partial charge in [0.05, 0.1) is 31.7 Å². The molecule has 25 heavy (non-hydrogen) atoms. The Balaban J connectivity index is 1.92. The van der Waals surface area contributed by atoms with Crippen LogP contribution in [0.15, 0.2) is 23.3 Å². The van der Waals surface area contributed by atoms with Gasteiger partial charge in [-0.05, 0) is 31.0 Å². The molecular weight excluding hydrogens is 390 g/mol. The van der Waals surface area contributed by atoms with Crippen LogP contribution in [-0.2, 0) is 9.53 Å². The Kier molecular flexibility index (Phi) is 5.48. The SMILES string of the molecule is CCOC(=O)C1CC(c2ccc(OC)c(OC)c2)N2N=CC(Br)C2N1. The van der Waals surface area contributed by atoms with Gasteiger partial charge in [-0.3, -0.25) is 15.1 Å². The summed E-state index contributed by atoms with van der Waals surface area (Å²) in [5, 5.41) is 9.82. The normalized spacial score (nSPS) is 27.8. The van der Waals surface area contributed by atoms with Crippen molar-refractivity contribution < 1.29 is 19.0 Å². The van der Waals surface area contributed by atoms with Gasteiger partial charge in [0.1, 0.15) is 12.2 Å². The van der Waals surface area contributed by atoms with Gasteiger partial charge in [0.15, 0.2) is 11.5 Å². The van der Waals surface area contributed by atoms with Crippen molar-refractivity contribution in [3.63, 3.8) is 0 Å². The molecule has 2 aliphatic rings. The van der Waals surface area contributed by atoms with E-state index in [4.69, 9.17) is 14.2 Å². The molecule has 0 saturated carbocycles. The Morgan fingerprint density at radius 1 is 1.36 bits per heavy atom. The number of benzene rings is 1. The smallest absolute Gasteiger partial charge is 0.323 e. The van der Waals surface area contributed by atoms with Crippen molar-refractivity contribution in [2.24, 2.45) is 5.10 Å². The molecule has 0 bridgehead atoms. The number of rotatable bonds is 5. The highest BCUT2D eigenvalue weighted by atomic mass is 79.9. The van der Waals surface area contributed by atoms with Gasteiger partial charge in [0.25, 0.3) is 0 Å². The van der Waals surface area contributed by atoms with E-state index in [9.17, 15) is 4.79 Å². The predicted molar refractivity (Wildman–Crippen MR) is 97.3 cm³/mol. The zero-order valence-corrected chi connectivity index (χ0v) is 16.0. The molecule has 7 nitrogen and oxygen atoms in total. The van der Waals surface area contributed by atoms with Crippen LogP contribution in [-0.4, -0.2) is 55.1 Å². The molecule has 4 unspecified atom stereocenters. The highest BCUT2D eigenvalue weighted by Crippen LogP contribution is 2.39. The summed E-state index contributed by atoms with van der Waals surface area (Å²) in [6.45, 7) is 2.17. The minimum Gasteiger partial charge on any atom is -0.493 e. The number of methoxy groups -OCH3 is 2. The molecule has 1 N–H and O–H groups in total. The first-order valence-corrected chi connectivity index (χ1v) is 9.11. The fourth-order valence-electron chi connectivity index (χ4n) is 3.24. The Labute approximate surface area is 155 Å². The van der Waals surface area contributed by atoms with E-state index in [0.717, 1.165) is 5.56 Å². The summed E-state index contributed by atoms with van der Waals surface area (Å²) in [5.41, 5.74) is 1.01. The van der Waals surface area contributed by atoms with Crippen molar-refractivity contribution in [1.29, 1.82) is 0 Å². The van der Waals surface area contributed by atoms with Crippen LogP contribution in [0.2, 0.25) is 0 Å². The summed E-state index contributed by atoms with van der Waals surface area (Å²) in [6, 6.07) is 5.33. The molecule has 8 heteroatoms. The lowest BCUT2D eigenvalue weighted by atomic mass is 9.95. The van der Waals surface area contributed by atoms with Crippen molar-refractivity contribution in [3.05, 3.63) is 23.8 Å². The van der Waals surface area contributed by atoms with E-state index in [1.54, 1.807) is 14.2 Å². The molecular formula is C17H22BrN3O4. The molecule has 0 amide bonds. The van der Waals surface area contributed by atoms with Crippen molar-refractivity contribution in [2.75, 3.05) is 20.8 Å². The third-order valence-electron chi connectivity index (χ3n) is 4.44. The number of hydrazone groups is 1. The van der Waals surface area contributed by atoms with Crippen LogP contribution in [0.5, 0.6) is 11.5 Å². The maximum absolute atomic E-state index is 12.3. The fourth-order valence-corrected chi connectivity index (χ4v) is 3.74. The molecule has 0 radical (unpaired) electrons. The molecule has 2 aliphatic heterocycles. The number of alkyl halides is 1. The van der Waals surface area contributed by atoms with Gasteiger partial charge < -0.3 is 14.2 Å². The molecule has 1 aromatic rings. The maximum atomic E-state index is 12.3. The lowest BCUT2D eigenvalue weighted by Crippen LogP contribution is -2.58. The Bertz CT molecular complexity index is 669. The average molecular weight is 412 g/mol. The van der Waals surface area contributed by atoms with Crippen molar-refractivity contribution in [3.8, 4) is 11.5 Å². The molecule has 0 aliphatic carbocycles. The van der Waals surface area contributed by atoms with Gasteiger partial charge in [-0.1, -0.05) is 22.0 Å². The topological polar surface area (TPSA) is 72.4 Å². The van der Waals surface area contributed by atoms with Crippen LogP contribution in [0, 0.1) is 0 Å². The monoisotopic (exact) mass is 411 g/mol. The van der Waals surface area contributed by atoms with Crippen LogP contribution >= 0.6 is 15.9 Å². The first-order valence-electron chi connectivity index (χ1n) is 8.20. The molecule has 1 fully saturated rings. The van der Waals surface area contributed by atoms with E-state index in [1.165, 1.54) is 0 Å². The molecule has 2 heterocycles. The van der Waals surface area contributed by atoms with E-state index >= 15 is 0 Å². The van der Waals surface area contributed by atoms with Crippen molar-refractivity contribution in [2.45, 2.75) is 36.4 Å². The zero-order valence-electron chi connectivity index (χ0n) is 14.4. The lowest BCUT2D eigenvalue weighted by Gasteiger charge is -2.42. The Hall–Kier alpha value is -1.80. The first kappa shape index (κ1) is 18.0. The number of esters is 1. The Morgan fingerprint density at radius 2 is 2.12 bits per heavy atom. The van der Waals surface area contributed by atoms with Crippen molar-refractivity contribution in [1.82, 2.24) is 10.3 Å². The second-order valence-corrected chi connectivity index (χ2v) is 6.93. The van der Waals surface area contributed by atoms with E-state index in [-0.39, 0.29) is 29.0 Å². The molecule has 3 rings (SSSR count). The van der Waals surface area contributed by atoms with E-state index in [1.807, 2.05) is 36.3 Å². The van der Waals surface area contributed by atoms with E-state index in [0.29, 0.717) is 24.5 Å². The minimum absolute atomic E-state index is 0.0207. The van der Waals surface area contributed by atoms with Gasteiger partial charge >= 0.3 is 5.97 Å². The summed E-state index contributed by atoms with van der Waals surface area (Å²) < 4.78 is 15.9. The van der Waals surface area contributed by atoms with Crippen LogP contribution in [0.4, 0.5) is 0 Å². The van der Waals surface area contributed by atoms with Gasteiger partial charge in [0, 0.05) is 6.21 Å². The second-order valence-electron chi connectivity index (χ2n) is 5.87. The number of hydrogen-bond acceptors (Lipinski definition) is 7. The summed E-state index contributed by atoms with van der Waals surface area (Å²) >= 11 is 3.60. The number of fused-ring (bicyclic) bond motifs is 1. The number of nitrogens with zero attached hydrogens (tertiary/aromatic N) is 2. The van der Waals surface area contributed by atoms with Crippen LogP contribution in [0.3, 0.4) is 0 Å². The summed E-state index contributed by atoms with van der Waals surface area (Å²) in [7, 11) is 3.21. The highest BCUT2D eigenvalue weighted by molar-refractivity contribution is 9.10. The molecule has 0 spiro atoms.